The van der Waals surface area contributed by atoms with Gasteiger partial charge < -0.3 is 16.0 Å². The van der Waals surface area contributed by atoms with Crippen LogP contribution in [0.4, 0.5) is 4.79 Å². The second-order valence-corrected chi connectivity index (χ2v) is 8.13. The van der Waals surface area contributed by atoms with Crippen LogP contribution in [-0.4, -0.2) is 30.6 Å². The number of amides is 3. The average Bonchev–Trinajstić information content (AvgIpc) is 2.78. The number of carbonyl (C=O) groups is 2. The minimum atomic E-state index is -0.569. The number of nitrogens with one attached hydrogen (secondary N) is 3. The largest absolute Gasteiger partial charge is 0.354 e. The highest BCUT2D eigenvalue weighted by Gasteiger charge is 2.20. The van der Waals surface area contributed by atoms with Gasteiger partial charge in [-0.2, -0.15) is 0 Å². The third kappa shape index (κ3) is 6.61. The predicted octanol–water partition coefficient (Wildman–Crippen LogP) is 4.35. The molecule has 1 atom stereocenters. The minimum absolute atomic E-state index is 0.159. The Morgan fingerprint density at radius 3 is 2.03 bits per heavy atom. The zero-order valence-corrected chi connectivity index (χ0v) is 17.8. The fourth-order valence-corrected chi connectivity index (χ4v) is 4.13. The standard InChI is InChI=1S/C25H33N3O2/c1-19(27-25(30)28-22-15-9-4-10-16-22)24(29)26-18-17-23(20-11-5-2-6-12-20)21-13-7-3-8-14-21/h2-3,5-8,11-14,19,22-23H,4,9-10,15-18H2,1H3,(H,26,29)(H2,27,28,30). The Morgan fingerprint density at radius 1 is 0.900 bits per heavy atom. The van der Waals surface area contributed by atoms with Gasteiger partial charge in [0.25, 0.3) is 0 Å². The number of rotatable bonds is 8. The van der Waals surface area contributed by atoms with Crippen molar-refractivity contribution in [1.29, 1.82) is 0 Å². The molecule has 3 N–H and O–H groups in total. The van der Waals surface area contributed by atoms with Crippen LogP contribution >= 0.6 is 0 Å². The van der Waals surface area contributed by atoms with Crippen molar-refractivity contribution in [2.45, 2.75) is 63.5 Å². The van der Waals surface area contributed by atoms with Crippen LogP contribution in [0.25, 0.3) is 0 Å². The molecule has 5 nitrogen and oxygen atoms in total. The van der Waals surface area contributed by atoms with Crippen molar-refractivity contribution in [3.05, 3.63) is 71.8 Å². The summed E-state index contributed by atoms with van der Waals surface area (Å²) in [5.74, 6) is 0.0548. The second kappa shape index (κ2) is 11.4. The Balaban J connectivity index is 1.48. The van der Waals surface area contributed by atoms with Crippen LogP contribution in [0.15, 0.2) is 60.7 Å². The summed E-state index contributed by atoms with van der Waals surface area (Å²) in [5.41, 5.74) is 2.46. The van der Waals surface area contributed by atoms with Crippen molar-refractivity contribution < 1.29 is 9.59 Å². The van der Waals surface area contributed by atoms with Crippen molar-refractivity contribution in [3.8, 4) is 0 Å². The third-order valence-electron chi connectivity index (χ3n) is 5.82. The van der Waals surface area contributed by atoms with E-state index in [1.807, 2.05) is 36.4 Å². The van der Waals surface area contributed by atoms with Crippen LogP contribution in [0.2, 0.25) is 0 Å². The van der Waals surface area contributed by atoms with Crippen molar-refractivity contribution >= 4 is 11.9 Å². The Kier molecular flexibility index (Phi) is 8.30. The molecule has 3 rings (SSSR count). The van der Waals surface area contributed by atoms with Gasteiger partial charge in [0.1, 0.15) is 6.04 Å². The molecule has 1 aliphatic carbocycles. The number of urea groups is 1. The van der Waals surface area contributed by atoms with Gasteiger partial charge in [0.05, 0.1) is 0 Å². The normalized spacial score (nSPS) is 15.4. The lowest BCUT2D eigenvalue weighted by Gasteiger charge is -2.24. The van der Waals surface area contributed by atoms with Crippen LogP contribution in [0.5, 0.6) is 0 Å². The molecule has 1 saturated carbocycles. The summed E-state index contributed by atoms with van der Waals surface area (Å²) in [6.45, 7) is 2.27. The molecule has 30 heavy (non-hydrogen) atoms. The van der Waals surface area contributed by atoms with Gasteiger partial charge in [0.15, 0.2) is 0 Å². The topological polar surface area (TPSA) is 70.2 Å². The SMILES string of the molecule is CC(NC(=O)NC1CCCCC1)C(=O)NCCC(c1ccccc1)c1ccccc1. The van der Waals surface area contributed by atoms with E-state index < -0.39 is 6.04 Å². The summed E-state index contributed by atoms with van der Waals surface area (Å²) in [6, 6.07) is 20.1. The summed E-state index contributed by atoms with van der Waals surface area (Å²) in [5, 5.41) is 8.74. The van der Waals surface area contributed by atoms with Crippen LogP contribution in [-0.2, 0) is 4.79 Å². The van der Waals surface area contributed by atoms with E-state index in [1.165, 1.54) is 17.5 Å². The molecule has 5 heteroatoms. The average molecular weight is 408 g/mol. The van der Waals surface area contributed by atoms with E-state index >= 15 is 0 Å². The molecule has 0 heterocycles. The minimum Gasteiger partial charge on any atom is -0.354 e. The van der Waals surface area contributed by atoms with Crippen LogP contribution in [0.3, 0.4) is 0 Å². The monoisotopic (exact) mass is 407 g/mol. The van der Waals surface area contributed by atoms with Crippen LogP contribution < -0.4 is 16.0 Å². The third-order valence-corrected chi connectivity index (χ3v) is 5.82. The van der Waals surface area contributed by atoms with Crippen molar-refractivity contribution in [2.75, 3.05) is 6.54 Å². The fraction of sp³-hybridized carbons (Fsp3) is 0.440. The first-order chi connectivity index (χ1) is 14.6. The molecule has 1 fully saturated rings. The van der Waals surface area contributed by atoms with Crippen molar-refractivity contribution in [3.63, 3.8) is 0 Å². The van der Waals surface area contributed by atoms with E-state index in [0.29, 0.717) is 6.54 Å². The van der Waals surface area contributed by atoms with Crippen molar-refractivity contribution in [1.82, 2.24) is 16.0 Å². The lowest BCUT2D eigenvalue weighted by molar-refractivity contribution is -0.122. The van der Waals surface area contributed by atoms with Crippen LogP contribution in [0, 0.1) is 0 Å². The number of benzene rings is 2. The molecule has 0 spiro atoms. The first-order valence-electron chi connectivity index (χ1n) is 11.1. The zero-order chi connectivity index (χ0) is 21.2. The second-order valence-electron chi connectivity index (χ2n) is 8.13. The molecule has 0 aromatic heterocycles. The van der Waals surface area contributed by atoms with Gasteiger partial charge in [0, 0.05) is 18.5 Å². The van der Waals surface area contributed by atoms with Crippen LogP contribution in [0.1, 0.15) is 62.5 Å². The Hall–Kier alpha value is -2.82. The molecule has 0 bridgehead atoms. The summed E-state index contributed by atoms with van der Waals surface area (Å²) in [7, 11) is 0. The lowest BCUT2D eigenvalue weighted by Crippen LogP contribution is -2.51. The number of carbonyl (C=O) groups excluding carboxylic acids is 2. The quantitative estimate of drug-likeness (QED) is 0.609. The van der Waals surface area contributed by atoms with E-state index in [1.54, 1.807) is 6.92 Å². The maximum Gasteiger partial charge on any atom is 0.315 e. The summed E-state index contributed by atoms with van der Waals surface area (Å²) in [4.78, 5) is 24.6. The molecule has 160 valence electrons. The van der Waals surface area contributed by atoms with Gasteiger partial charge in [-0.3, -0.25) is 4.79 Å². The van der Waals surface area contributed by atoms with Gasteiger partial charge in [-0.05, 0) is 37.3 Å². The summed E-state index contributed by atoms with van der Waals surface area (Å²) in [6.07, 6.45) is 6.39. The van der Waals surface area contributed by atoms with E-state index in [4.69, 9.17) is 0 Å². The maximum absolute atomic E-state index is 12.5. The van der Waals surface area contributed by atoms with Gasteiger partial charge in [-0.1, -0.05) is 79.9 Å². The Morgan fingerprint density at radius 2 is 1.47 bits per heavy atom. The molecule has 2 aromatic carbocycles. The molecule has 1 aliphatic rings. The first kappa shape index (κ1) is 21.9. The van der Waals surface area contributed by atoms with Gasteiger partial charge in [0.2, 0.25) is 5.91 Å². The first-order valence-corrected chi connectivity index (χ1v) is 11.1. The predicted molar refractivity (Wildman–Crippen MR) is 120 cm³/mol. The Labute approximate surface area is 179 Å². The van der Waals surface area contributed by atoms with Crippen molar-refractivity contribution in [2.24, 2.45) is 0 Å². The fourth-order valence-electron chi connectivity index (χ4n) is 4.13. The summed E-state index contributed by atoms with van der Waals surface area (Å²) < 4.78 is 0. The molecule has 0 radical (unpaired) electrons. The van der Waals surface area contributed by atoms with E-state index in [-0.39, 0.29) is 23.9 Å². The van der Waals surface area contributed by atoms with E-state index in [9.17, 15) is 9.59 Å². The molecular formula is C25H33N3O2. The molecule has 3 amide bonds. The highest BCUT2D eigenvalue weighted by molar-refractivity contribution is 5.86. The maximum atomic E-state index is 12.5. The van der Waals surface area contributed by atoms with Gasteiger partial charge in [-0.15, -0.1) is 0 Å². The van der Waals surface area contributed by atoms with Gasteiger partial charge in [-0.25, -0.2) is 4.79 Å². The number of hydrogen-bond donors (Lipinski definition) is 3. The highest BCUT2D eigenvalue weighted by Crippen LogP contribution is 2.27. The summed E-state index contributed by atoms with van der Waals surface area (Å²) >= 11 is 0. The molecule has 0 aliphatic heterocycles. The molecule has 0 saturated heterocycles. The zero-order valence-electron chi connectivity index (χ0n) is 17.8. The van der Waals surface area contributed by atoms with Gasteiger partial charge >= 0.3 is 6.03 Å². The highest BCUT2D eigenvalue weighted by atomic mass is 16.2. The molecule has 1 unspecified atom stereocenters. The smallest absolute Gasteiger partial charge is 0.315 e. The van der Waals surface area contributed by atoms with E-state index in [2.05, 4.69) is 40.2 Å². The molecule has 2 aromatic rings. The molecular weight excluding hydrogens is 374 g/mol. The number of hydrogen-bond acceptors (Lipinski definition) is 2. The Bertz CT molecular complexity index is 749. The van der Waals surface area contributed by atoms with E-state index in [0.717, 1.165) is 32.1 Å². The lowest BCUT2D eigenvalue weighted by atomic mass is 9.88.